The van der Waals surface area contributed by atoms with Crippen molar-refractivity contribution in [1.82, 2.24) is 24.6 Å². The fourth-order valence-corrected chi connectivity index (χ4v) is 5.24. The zero-order chi connectivity index (χ0) is 21.8. The van der Waals surface area contributed by atoms with Crippen LogP contribution in [0.5, 0.6) is 0 Å². The van der Waals surface area contributed by atoms with Crippen LogP contribution < -0.4 is 5.32 Å². The minimum atomic E-state index is 0.610. The Morgan fingerprint density at radius 2 is 1.75 bits per heavy atom. The highest BCUT2D eigenvalue weighted by Gasteiger charge is 2.20. The molecule has 0 saturated heterocycles. The van der Waals surface area contributed by atoms with Crippen LogP contribution in [0.25, 0.3) is 16.6 Å². The van der Waals surface area contributed by atoms with Crippen molar-refractivity contribution in [3.63, 3.8) is 0 Å². The molecule has 32 heavy (non-hydrogen) atoms. The average Bonchev–Trinajstić information content (AvgIpc) is 3.49. The van der Waals surface area contributed by atoms with Crippen LogP contribution in [-0.4, -0.2) is 32.4 Å². The van der Waals surface area contributed by atoms with Gasteiger partial charge in [0.1, 0.15) is 12.7 Å². The average molecular weight is 427 g/mol. The third-order valence-corrected chi connectivity index (χ3v) is 7.10. The molecule has 165 valence electrons. The summed E-state index contributed by atoms with van der Waals surface area (Å²) in [5.74, 6) is 0.873. The third-order valence-electron chi connectivity index (χ3n) is 7.10. The highest BCUT2D eigenvalue weighted by Crippen LogP contribution is 2.31. The Morgan fingerprint density at radius 1 is 0.969 bits per heavy atom. The number of aryl methyl sites for hydroxylation is 1. The molecule has 5 heteroatoms. The first-order valence-corrected chi connectivity index (χ1v) is 11.9. The lowest BCUT2D eigenvalue weighted by Gasteiger charge is -2.27. The lowest BCUT2D eigenvalue weighted by Crippen LogP contribution is -2.25. The smallest absolute Gasteiger partial charge is 0.123 e. The Kier molecular flexibility index (Phi) is 6.35. The van der Waals surface area contributed by atoms with Crippen molar-refractivity contribution in [2.24, 2.45) is 5.92 Å². The maximum atomic E-state index is 4.50. The first-order valence-electron chi connectivity index (χ1n) is 11.9. The minimum Gasteiger partial charge on any atom is -0.343 e. The predicted octanol–water partition coefficient (Wildman–Crippen LogP) is 5.39. The fourth-order valence-electron chi connectivity index (χ4n) is 5.24. The van der Waals surface area contributed by atoms with E-state index in [0.717, 1.165) is 24.6 Å². The van der Waals surface area contributed by atoms with Crippen molar-refractivity contribution in [3.05, 3.63) is 78.5 Å². The molecule has 4 aromatic rings. The van der Waals surface area contributed by atoms with Gasteiger partial charge in [0.15, 0.2) is 0 Å². The summed E-state index contributed by atoms with van der Waals surface area (Å²) in [6.07, 6.45) is 14.8. The van der Waals surface area contributed by atoms with Gasteiger partial charge in [-0.3, -0.25) is 4.57 Å². The number of fused-ring (bicyclic) bond motifs is 1. The van der Waals surface area contributed by atoms with Crippen LogP contribution in [-0.2, 0) is 13.0 Å². The Labute approximate surface area is 190 Å². The first kappa shape index (κ1) is 21.0. The van der Waals surface area contributed by atoms with E-state index in [4.69, 9.17) is 0 Å². The van der Waals surface area contributed by atoms with Crippen LogP contribution in [0.1, 0.15) is 49.7 Å². The van der Waals surface area contributed by atoms with Gasteiger partial charge in [0.25, 0.3) is 0 Å². The maximum Gasteiger partial charge on any atom is 0.123 e. The van der Waals surface area contributed by atoms with Crippen molar-refractivity contribution in [2.45, 2.75) is 57.5 Å². The lowest BCUT2D eigenvalue weighted by molar-refractivity contribution is 0.282. The SMILES string of the molecule is C[N][C@H]1CC[C@@H](CCCc2cn(Cc3ccccc3)c3ccc(-n4cnnc4)cc23)CC1. The predicted molar refractivity (Wildman–Crippen MR) is 129 cm³/mol. The largest absolute Gasteiger partial charge is 0.343 e. The summed E-state index contributed by atoms with van der Waals surface area (Å²) in [6.45, 7) is 0.897. The van der Waals surface area contributed by atoms with Crippen molar-refractivity contribution in [1.29, 1.82) is 0 Å². The Morgan fingerprint density at radius 3 is 2.50 bits per heavy atom. The van der Waals surface area contributed by atoms with Gasteiger partial charge >= 0.3 is 0 Å². The zero-order valence-electron chi connectivity index (χ0n) is 18.9. The molecule has 1 fully saturated rings. The summed E-state index contributed by atoms with van der Waals surface area (Å²) in [7, 11) is 1.98. The van der Waals surface area contributed by atoms with Gasteiger partial charge in [-0.25, -0.2) is 5.32 Å². The van der Waals surface area contributed by atoms with Gasteiger partial charge < -0.3 is 4.57 Å². The summed E-state index contributed by atoms with van der Waals surface area (Å²) in [5.41, 5.74) is 5.19. The van der Waals surface area contributed by atoms with Crippen LogP contribution in [0.15, 0.2) is 67.4 Å². The Balaban J connectivity index is 1.36. The van der Waals surface area contributed by atoms with Crippen molar-refractivity contribution >= 4 is 10.9 Å². The highest BCUT2D eigenvalue weighted by atomic mass is 15.2. The van der Waals surface area contributed by atoms with E-state index in [2.05, 4.69) is 74.8 Å². The monoisotopic (exact) mass is 426 g/mol. The van der Waals surface area contributed by atoms with Gasteiger partial charge in [-0.15, -0.1) is 10.2 Å². The van der Waals surface area contributed by atoms with Crippen LogP contribution in [0.4, 0.5) is 0 Å². The van der Waals surface area contributed by atoms with E-state index in [0.29, 0.717) is 6.04 Å². The zero-order valence-corrected chi connectivity index (χ0v) is 18.9. The summed E-state index contributed by atoms with van der Waals surface area (Å²) in [6, 6.07) is 18.0. The van der Waals surface area contributed by atoms with Crippen molar-refractivity contribution in [2.75, 3.05) is 7.05 Å². The van der Waals surface area contributed by atoms with Crippen LogP contribution in [0.3, 0.4) is 0 Å². The molecule has 1 saturated carbocycles. The second-order valence-electron chi connectivity index (χ2n) is 9.16. The van der Waals surface area contributed by atoms with Crippen LogP contribution >= 0.6 is 0 Å². The quantitative estimate of drug-likeness (QED) is 0.379. The maximum absolute atomic E-state index is 4.50. The first-order chi connectivity index (χ1) is 15.8. The molecule has 5 nitrogen and oxygen atoms in total. The van der Waals surface area contributed by atoms with Crippen molar-refractivity contribution in [3.8, 4) is 5.69 Å². The van der Waals surface area contributed by atoms with Crippen molar-refractivity contribution < 1.29 is 0 Å². The van der Waals surface area contributed by atoms with Crippen LogP contribution in [0.2, 0.25) is 0 Å². The Bertz CT molecular complexity index is 1120. The van der Waals surface area contributed by atoms with E-state index < -0.39 is 0 Å². The van der Waals surface area contributed by atoms with E-state index in [-0.39, 0.29) is 0 Å². The molecule has 2 aromatic carbocycles. The number of nitrogens with zero attached hydrogens (tertiary/aromatic N) is 5. The highest BCUT2D eigenvalue weighted by molar-refractivity contribution is 5.86. The van der Waals surface area contributed by atoms with E-state index in [1.54, 1.807) is 12.7 Å². The number of hydrogen-bond donors (Lipinski definition) is 0. The normalized spacial score (nSPS) is 18.9. The van der Waals surface area contributed by atoms with Gasteiger partial charge in [-0.1, -0.05) is 36.8 Å². The molecule has 0 atom stereocenters. The van der Waals surface area contributed by atoms with E-state index in [1.807, 2.05) is 11.6 Å². The second-order valence-corrected chi connectivity index (χ2v) is 9.16. The molecule has 0 spiro atoms. The van der Waals surface area contributed by atoms with E-state index >= 15 is 0 Å². The third kappa shape index (κ3) is 4.63. The molecule has 1 aliphatic rings. The fraction of sp³-hybridized carbons (Fsp3) is 0.407. The summed E-state index contributed by atoms with van der Waals surface area (Å²) in [5, 5.41) is 13.8. The molecule has 1 aliphatic carbocycles. The number of hydrogen-bond acceptors (Lipinski definition) is 2. The lowest BCUT2D eigenvalue weighted by atomic mass is 9.83. The molecule has 0 unspecified atom stereocenters. The molecule has 5 rings (SSSR count). The molecule has 2 aromatic heterocycles. The van der Waals surface area contributed by atoms with Gasteiger partial charge in [-0.05, 0) is 73.8 Å². The second kappa shape index (κ2) is 9.70. The number of benzene rings is 2. The molecular weight excluding hydrogens is 394 g/mol. The molecule has 2 heterocycles. The minimum absolute atomic E-state index is 0.610. The van der Waals surface area contributed by atoms with Gasteiger partial charge in [-0.2, -0.15) is 0 Å². The van der Waals surface area contributed by atoms with E-state index in [9.17, 15) is 0 Å². The molecule has 0 amide bonds. The Hall–Kier alpha value is -2.92. The van der Waals surface area contributed by atoms with E-state index in [1.165, 1.54) is 60.6 Å². The number of rotatable bonds is 8. The molecule has 0 N–H and O–H groups in total. The number of aromatic nitrogens is 4. The molecule has 0 bridgehead atoms. The van der Waals surface area contributed by atoms with Gasteiger partial charge in [0.2, 0.25) is 0 Å². The van der Waals surface area contributed by atoms with Crippen LogP contribution in [0, 0.1) is 5.92 Å². The summed E-state index contributed by atoms with van der Waals surface area (Å²) < 4.78 is 4.39. The standard InChI is InChI=1S/C27H32N5/c1-28-24-12-10-21(11-13-24)8-5-9-23-18-31(17-22-6-3-2-4-7-22)27-15-14-25(16-26(23)27)32-19-29-30-20-32/h2-4,6-7,14-16,18-21,24H,5,8-13,17H2,1H3/t21-,24+. The molecule has 1 radical (unpaired) electrons. The topological polar surface area (TPSA) is 49.7 Å². The molecular formula is C27H32N5. The summed E-state index contributed by atoms with van der Waals surface area (Å²) in [4.78, 5) is 0. The van der Waals surface area contributed by atoms with Gasteiger partial charge in [0.05, 0.1) is 0 Å². The summed E-state index contributed by atoms with van der Waals surface area (Å²) >= 11 is 0. The van der Waals surface area contributed by atoms with Gasteiger partial charge in [0, 0.05) is 42.4 Å². The molecule has 0 aliphatic heterocycles.